The van der Waals surface area contributed by atoms with Crippen LogP contribution in [0.4, 0.5) is 5.00 Å². The highest BCUT2D eigenvalue weighted by Crippen LogP contribution is 2.44. The van der Waals surface area contributed by atoms with Gasteiger partial charge in [0.1, 0.15) is 5.00 Å². The predicted molar refractivity (Wildman–Crippen MR) is 103 cm³/mol. The third-order valence-electron chi connectivity index (χ3n) is 5.85. The molecule has 2 unspecified atom stereocenters. The molecule has 1 aromatic heterocycles. The average Bonchev–Trinajstić information content (AvgIpc) is 2.91. The number of nitrogens with two attached hydrogens (primary N) is 1. The van der Waals surface area contributed by atoms with Crippen LogP contribution in [0.3, 0.4) is 0 Å². The molecule has 26 heavy (non-hydrogen) atoms. The van der Waals surface area contributed by atoms with Crippen LogP contribution in [0.5, 0.6) is 0 Å². The van der Waals surface area contributed by atoms with E-state index in [0.29, 0.717) is 17.1 Å². The summed E-state index contributed by atoms with van der Waals surface area (Å²) in [5.41, 5.74) is 4.01. The molecular formula is C19H29N3O3S. The molecule has 7 heteroatoms. The zero-order chi connectivity index (χ0) is 18.9. The number of carboxylic acid groups (broad SMARTS) is 1. The first-order valence-electron chi connectivity index (χ1n) is 9.44. The van der Waals surface area contributed by atoms with Crippen molar-refractivity contribution in [1.29, 1.82) is 0 Å². The third-order valence-corrected chi connectivity index (χ3v) is 7.06. The number of hydrogen-bond acceptors (Lipinski definition) is 5. The number of aromatic carboxylic acids is 1. The fourth-order valence-electron chi connectivity index (χ4n) is 4.39. The number of carbonyl (C=O) groups excluding carboxylic acids is 1. The van der Waals surface area contributed by atoms with E-state index >= 15 is 0 Å². The van der Waals surface area contributed by atoms with Gasteiger partial charge in [0.15, 0.2) is 0 Å². The lowest BCUT2D eigenvalue weighted by Crippen LogP contribution is -2.39. The molecule has 2 atom stereocenters. The summed E-state index contributed by atoms with van der Waals surface area (Å²) in [5.74, 6) is 4.55. The molecule has 0 bridgehead atoms. The number of carbonyl (C=O) groups is 2. The number of thiophene rings is 1. The predicted octanol–water partition coefficient (Wildman–Crippen LogP) is 3.17. The van der Waals surface area contributed by atoms with Gasteiger partial charge in [-0.15, -0.1) is 11.3 Å². The van der Waals surface area contributed by atoms with E-state index in [-0.39, 0.29) is 23.2 Å². The Labute approximate surface area is 158 Å². The van der Waals surface area contributed by atoms with Crippen LogP contribution in [0, 0.1) is 17.3 Å². The molecule has 2 aliphatic rings. The number of carboxylic acids is 1. The van der Waals surface area contributed by atoms with Gasteiger partial charge in [0.25, 0.3) is 0 Å². The Bertz CT molecular complexity index is 696. The second-order valence-corrected chi connectivity index (χ2v) is 9.51. The molecule has 5 N–H and O–H groups in total. The molecule has 2 aliphatic carbocycles. The van der Waals surface area contributed by atoms with Crippen molar-refractivity contribution < 1.29 is 14.7 Å². The zero-order valence-electron chi connectivity index (χ0n) is 15.6. The molecule has 1 amide bonds. The number of aryl methyl sites for hydroxylation is 1. The maximum Gasteiger partial charge on any atom is 0.339 e. The van der Waals surface area contributed by atoms with Crippen LogP contribution >= 0.6 is 11.3 Å². The first-order chi connectivity index (χ1) is 12.3. The van der Waals surface area contributed by atoms with Crippen LogP contribution < -0.4 is 16.6 Å². The molecule has 0 radical (unpaired) electrons. The molecule has 6 nitrogen and oxygen atoms in total. The number of fused-ring (bicyclic) bond motifs is 1. The molecule has 0 aromatic carbocycles. The zero-order valence-corrected chi connectivity index (χ0v) is 16.4. The van der Waals surface area contributed by atoms with E-state index in [9.17, 15) is 14.7 Å². The van der Waals surface area contributed by atoms with Crippen LogP contribution in [-0.2, 0) is 17.6 Å². The van der Waals surface area contributed by atoms with Gasteiger partial charge in [0.2, 0.25) is 5.91 Å². The molecule has 1 heterocycles. The van der Waals surface area contributed by atoms with Gasteiger partial charge in [0.05, 0.1) is 5.56 Å². The molecule has 1 fully saturated rings. The minimum Gasteiger partial charge on any atom is -0.478 e. The second kappa shape index (κ2) is 7.66. The molecule has 0 spiro atoms. The Hall–Kier alpha value is -1.44. The molecule has 144 valence electrons. The van der Waals surface area contributed by atoms with Gasteiger partial charge in [0, 0.05) is 17.3 Å². The Morgan fingerprint density at radius 3 is 2.73 bits per heavy atom. The normalized spacial score (nSPS) is 24.7. The van der Waals surface area contributed by atoms with Gasteiger partial charge < -0.3 is 10.4 Å². The summed E-state index contributed by atoms with van der Waals surface area (Å²) < 4.78 is 0. The van der Waals surface area contributed by atoms with Crippen molar-refractivity contribution in [3.63, 3.8) is 0 Å². The monoisotopic (exact) mass is 379 g/mol. The quantitative estimate of drug-likeness (QED) is 0.465. The summed E-state index contributed by atoms with van der Waals surface area (Å²) in [6.07, 6.45) is 6.62. The fourth-order valence-corrected chi connectivity index (χ4v) is 5.60. The van der Waals surface area contributed by atoms with E-state index < -0.39 is 5.97 Å². The largest absolute Gasteiger partial charge is 0.478 e. The number of nitrogens with one attached hydrogen (secondary N) is 2. The van der Waals surface area contributed by atoms with Crippen molar-refractivity contribution in [2.45, 2.75) is 58.8 Å². The highest BCUT2D eigenvalue weighted by molar-refractivity contribution is 7.17. The summed E-state index contributed by atoms with van der Waals surface area (Å²) in [6.45, 7) is 4.95. The summed E-state index contributed by atoms with van der Waals surface area (Å²) in [7, 11) is 0. The summed E-state index contributed by atoms with van der Waals surface area (Å²) >= 11 is 1.44. The summed E-state index contributed by atoms with van der Waals surface area (Å²) in [6, 6.07) is 0. The molecule has 1 aromatic rings. The smallest absolute Gasteiger partial charge is 0.339 e. The first-order valence-corrected chi connectivity index (χ1v) is 10.3. The van der Waals surface area contributed by atoms with Crippen LogP contribution in [-0.4, -0.2) is 23.5 Å². The van der Waals surface area contributed by atoms with Crippen molar-refractivity contribution in [2.75, 3.05) is 11.9 Å². The topological polar surface area (TPSA) is 104 Å². The number of hydrazine groups is 1. The van der Waals surface area contributed by atoms with E-state index in [1.807, 2.05) is 0 Å². The fraction of sp³-hybridized carbons (Fsp3) is 0.684. The van der Waals surface area contributed by atoms with Gasteiger partial charge >= 0.3 is 5.97 Å². The van der Waals surface area contributed by atoms with Gasteiger partial charge in [-0.1, -0.05) is 26.7 Å². The van der Waals surface area contributed by atoms with E-state index in [1.54, 1.807) is 0 Å². The summed E-state index contributed by atoms with van der Waals surface area (Å²) in [4.78, 5) is 25.9. The summed E-state index contributed by atoms with van der Waals surface area (Å²) in [5, 5.41) is 13.2. The third kappa shape index (κ3) is 3.94. The van der Waals surface area contributed by atoms with Crippen molar-refractivity contribution in [3.8, 4) is 0 Å². The highest BCUT2D eigenvalue weighted by atomic mass is 32.1. The Morgan fingerprint density at radius 2 is 2.04 bits per heavy atom. The van der Waals surface area contributed by atoms with Crippen molar-refractivity contribution in [2.24, 2.45) is 23.1 Å². The highest BCUT2D eigenvalue weighted by Gasteiger charge is 2.35. The second-order valence-electron chi connectivity index (χ2n) is 8.40. The van der Waals surface area contributed by atoms with Gasteiger partial charge in [-0.25, -0.2) is 4.79 Å². The minimum absolute atomic E-state index is 0.0645. The van der Waals surface area contributed by atoms with E-state index in [2.05, 4.69) is 24.6 Å². The number of hydrogen-bond donors (Lipinski definition) is 4. The maximum atomic E-state index is 12.9. The number of rotatable bonds is 5. The maximum absolute atomic E-state index is 12.9. The molecule has 1 saturated carbocycles. The first kappa shape index (κ1) is 19.3. The minimum atomic E-state index is -0.945. The molecule has 3 rings (SSSR count). The molecule has 0 aliphatic heterocycles. The molecule has 0 saturated heterocycles. The van der Waals surface area contributed by atoms with E-state index in [1.165, 1.54) is 11.3 Å². The van der Waals surface area contributed by atoms with Crippen molar-refractivity contribution >= 4 is 28.2 Å². The lowest BCUT2D eigenvalue weighted by atomic mass is 9.76. The molecular weight excluding hydrogens is 350 g/mol. The van der Waals surface area contributed by atoms with Crippen LogP contribution in [0.1, 0.15) is 66.8 Å². The van der Waals surface area contributed by atoms with Crippen LogP contribution in [0.15, 0.2) is 0 Å². The SMILES string of the molecule is CC1(C)CCc2sc(NC(=O)C3CCCCC3CNN)c(C(=O)O)c2C1. The van der Waals surface area contributed by atoms with E-state index in [0.717, 1.165) is 55.4 Å². The lowest BCUT2D eigenvalue weighted by molar-refractivity contribution is -0.122. The van der Waals surface area contributed by atoms with Gasteiger partial charge in [-0.2, -0.15) is 0 Å². The Kier molecular flexibility index (Phi) is 5.69. The Morgan fingerprint density at radius 1 is 1.31 bits per heavy atom. The van der Waals surface area contributed by atoms with E-state index in [4.69, 9.17) is 5.84 Å². The van der Waals surface area contributed by atoms with Crippen LogP contribution in [0.25, 0.3) is 0 Å². The average molecular weight is 380 g/mol. The standard InChI is InChI=1S/C19H29N3O3S/c1-19(2)8-7-14-13(9-19)15(18(24)25)17(26-14)22-16(23)12-6-4-3-5-11(12)10-21-20/h11-12,21H,3-10,20H2,1-2H3,(H,22,23)(H,24,25). The lowest BCUT2D eigenvalue weighted by Gasteiger charge is -2.30. The van der Waals surface area contributed by atoms with Gasteiger partial charge in [-0.05, 0) is 49.0 Å². The Balaban J connectivity index is 1.84. The number of anilines is 1. The van der Waals surface area contributed by atoms with Crippen molar-refractivity contribution in [1.82, 2.24) is 5.43 Å². The van der Waals surface area contributed by atoms with Crippen molar-refractivity contribution in [3.05, 3.63) is 16.0 Å². The van der Waals surface area contributed by atoms with Crippen LogP contribution in [0.2, 0.25) is 0 Å². The van der Waals surface area contributed by atoms with Gasteiger partial charge in [-0.3, -0.25) is 16.1 Å². The number of amides is 1.